The lowest BCUT2D eigenvalue weighted by molar-refractivity contribution is -0.132. The van der Waals surface area contributed by atoms with E-state index < -0.39 is 0 Å². The van der Waals surface area contributed by atoms with Crippen LogP contribution >= 0.6 is 0 Å². The first kappa shape index (κ1) is 19.5. The predicted octanol–water partition coefficient (Wildman–Crippen LogP) is 3.45. The average molecular weight is 384 g/mol. The van der Waals surface area contributed by atoms with E-state index in [1.54, 1.807) is 7.11 Å². The molecule has 28 heavy (non-hydrogen) atoms. The second-order valence-electron chi connectivity index (χ2n) is 8.37. The molecule has 2 aliphatic heterocycles. The minimum Gasteiger partial charge on any atom is -0.383 e. The molecule has 2 aliphatic rings. The Balaban J connectivity index is 1.46. The molecule has 1 amide bonds. The zero-order valence-electron chi connectivity index (χ0n) is 17.0. The number of rotatable bonds is 7. The number of methoxy groups -OCH3 is 1. The lowest BCUT2D eigenvalue weighted by Gasteiger charge is -2.45. The Kier molecular flexibility index (Phi) is 6.33. The number of nitrogens with zero attached hydrogens (tertiary/aromatic N) is 2. The molecule has 2 aromatic rings. The minimum absolute atomic E-state index is 0.217. The van der Waals surface area contributed by atoms with E-state index in [9.17, 15) is 4.79 Å². The molecule has 0 saturated carbocycles. The van der Waals surface area contributed by atoms with Crippen molar-refractivity contribution in [2.24, 2.45) is 5.92 Å². The summed E-state index contributed by atoms with van der Waals surface area (Å²) >= 11 is 0. The molecule has 2 saturated heterocycles. The van der Waals surface area contributed by atoms with E-state index in [2.05, 4.69) is 26.9 Å². The highest BCUT2D eigenvalue weighted by atomic mass is 16.5. The van der Waals surface area contributed by atoms with Gasteiger partial charge >= 0.3 is 0 Å². The van der Waals surface area contributed by atoms with Gasteiger partial charge < -0.3 is 19.5 Å². The van der Waals surface area contributed by atoms with Crippen molar-refractivity contribution in [3.63, 3.8) is 0 Å². The number of nitrogens with one attached hydrogen (secondary N) is 1. The highest BCUT2D eigenvalue weighted by molar-refractivity contribution is 5.88. The maximum atomic E-state index is 13.2. The average Bonchev–Trinajstić information content (AvgIpc) is 3.14. The second-order valence-corrected chi connectivity index (χ2v) is 8.37. The number of carbonyl (C=O) groups is 1. The van der Waals surface area contributed by atoms with E-state index in [1.807, 2.05) is 18.3 Å². The molecule has 2 atom stereocenters. The molecule has 4 rings (SSSR count). The Labute approximate surface area is 168 Å². The molecule has 0 aliphatic carbocycles. The summed E-state index contributed by atoms with van der Waals surface area (Å²) in [5.41, 5.74) is 2.19. The number of aromatic nitrogens is 1. The van der Waals surface area contributed by atoms with Gasteiger partial charge in [0, 0.05) is 43.3 Å². The lowest BCUT2D eigenvalue weighted by Crippen LogP contribution is -2.52. The van der Waals surface area contributed by atoms with Crippen LogP contribution in [0.3, 0.4) is 0 Å². The molecule has 1 aromatic heterocycles. The fraction of sp³-hybridized carbons (Fsp3) is 0.609. The SMILES string of the molecule is COCCN(CC1CCCN2CCCCC12)C(=O)Cc1c[nH]c2ccccc12. The Morgan fingerprint density at radius 3 is 2.96 bits per heavy atom. The molecule has 0 radical (unpaired) electrons. The van der Waals surface area contributed by atoms with Crippen molar-refractivity contribution in [3.05, 3.63) is 36.0 Å². The van der Waals surface area contributed by atoms with Gasteiger partial charge in [-0.15, -0.1) is 0 Å². The van der Waals surface area contributed by atoms with Crippen LogP contribution in [0.1, 0.15) is 37.7 Å². The third-order valence-corrected chi connectivity index (χ3v) is 6.62. The Bertz CT molecular complexity index is 785. The topological polar surface area (TPSA) is 48.6 Å². The summed E-state index contributed by atoms with van der Waals surface area (Å²) in [5, 5.41) is 1.15. The van der Waals surface area contributed by atoms with Gasteiger partial charge in [0.15, 0.2) is 0 Å². The number of hydrogen-bond donors (Lipinski definition) is 1. The monoisotopic (exact) mass is 383 g/mol. The van der Waals surface area contributed by atoms with Crippen LogP contribution in [0, 0.1) is 5.92 Å². The molecule has 3 heterocycles. The number of hydrogen-bond acceptors (Lipinski definition) is 3. The molecule has 152 valence electrons. The lowest BCUT2D eigenvalue weighted by atomic mass is 9.83. The zero-order valence-corrected chi connectivity index (χ0v) is 17.0. The van der Waals surface area contributed by atoms with Gasteiger partial charge in [0.05, 0.1) is 13.0 Å². The zero-order chi connectivity index (χ0) is 19.3. The van der Waals surface area contributed by atoms with Gasteiger partial charge in [-0.3, -0.25) is 4.79 Å². The third-order valence-electron chi connectivity index (χ3n) is 6.62. The molecule has 1 aromatic carbocycles. The van der Waals surface area contributed by atoms with Crippen LogP contribution in [-0.4, -0.2) is 66.6 Å². The maximum absolute atomic E-state index is 13.2. The molecule has 2 fully saturated rings. The predicted molar refractivity (Wildman–Crippen MR) is 112 cm³/mol. The number of amides is 1. The summed E-state index contributed by atoms with van der Waals surface area (Å²) in [6.45, 7) is 4.62. The molecule has 1 N–H and O–H groups in total. The van der Waals surface area contributed by atoms with E-state index in [1.165, 1.54) is 45.2 Å². The van der Waals surface area contributed by atoms with E-state index >= 15 is 0 Å². The molecule has 2 unspecified atom stereocenters. The molecule has 5 heteroatoms. The number of ether oxygens (including phenoxy) is 1. The van der Waals surface area contributed by atoms with Gasteiger partial charge in [-0.05, 0) is 56.3 Å². The molecular weight excluding hydrogens is 350 g/mol. The Morgan fingerprint density at radius 1 is 1.21 bits per heavy atom. The summed E-state index contributed by atoms with van der Waals surface area (Å²) in [5.74, 6) is 0.813. The van der Waals surface area contributed by atoms with E-state index in [0.717, 1.165) is 23.0 Å². The van der Waals surface area contributed by atoms with Crippen LogP contribution in [0.15, 0.2) is 30.5 Å². The van der Waals surface area contributed by atoms with Crippen LogP contribution < -0.4 is 0 Å². The minimum atomic E-state index is 0.217. The number of para-hydroxylation sites is 1. The van der Waals surface area contributed by atoms with Crippen LogP contribution in [-0.2, 0) is 16.0 Å². The quantitative estimate of drug-likeness (QED) is 0.797. The first-order valence-corrected chi connectivity index (χ1v) is 10.8. The third kappa shape index (κ3) is 4.26. The van der Waals surface area contributed by atoms with Crippen LogP contribution in [0.5, 0.6) is 0 Å². The summed E-state index contributed by atoms with van der Waals surface area (Å²) in [6, 6.07) is 8.87. The Morgan fingerprint density at radius 2 is 2.07 bits per heavy atom. The fourth-order valence-electron chi connectivity index (χ4n) is 5.15. The van der Waals surface area contributed by atoms with Crippen molar-refractivity contribution < 1.29 is 9.53 Å². The van der Waals surface area contributed by atoms with Crippen molar-refractivity contribution in [1.29, 1.82) is 0 Å². The fourth-order valence-corrected chi connectivity index (χ4v) is 5.15. The first-order valence-electron chi connectivity index (χ1n) is 10.8. The van der Waals surface area contributed by atoms with Gasteiger partial charge in [0.2, 0.25) is 5.91 Å². The van der Waals surface area contributed by atoms with Gasteiger partial charge in [0.1, 0.15) is 0 Å². The molecule has 5 nitrogen and oxygen atoms in total. The van der Waals surface area contributed by atoms with Crippen LogP contribution in [0.2, 0.25) is 0 Å². The second kappa shape index (κ2) is 9.10. The van der Waals surface area contributed by atoms with E-state index in [4.69, 9.17) is 4.74 Å². The van der Waals surface area contributed by atoms with Gasteiger partial charge in [-0.1, -0.05) is 24.6 Å². The number of H-pyrrole nitrogens is 1. The largest absolute Gasteiger partial charge is 0.383 e. The van der Waals surface area contributed by atoms with Crippen molar-refractivity contribution in [2.45, 2.75) is 44.6 Å². The van der Waals surface area contributed by atoms with Gasteiger partial charge in [-0.2, -0.15) is 0 Å². The normalized spacial score (nSPS) is 22.9. The van der Waals surface area contributed by atoms with E-state index in [-0.39, 0.29) is 5.91 Å². The highest BCUT2D eigenvalue weighted by Crippen LogP contribution is 2.31. The number of benzene rings is 1. The van der Waals surface area contributed by atoms with Gasteiger partial charge in [-0.25, -0.2) is 0 Å². The van der Waals surface area contributed by atoms with Crippen LogP contribution in [0.25, 0.3) is 10.9 Å². The van der Waals surface area contributed by atoms with Crippen molar-refractivity contribution in [2.75, 3.05) is 39.9 Å². The Hall–Kier alpha value is -1.85. The standard InChI is InChI=1S/C23H33N3O2/c1-28-14-13-26(17-18-7-6-12-25-11-5-4-10-22(18)25)23(27)15-19-16-24-21-9-3-2-8-20(19)21/h2-3,8-9,16,18,22,24H,4-7,10-15,17H2,1H3. The summed E-state index contributed by atoms with van der Waals surface area (Å²) in [7, 11) is 1.71. The van der Waals surface area contributed by atoms with Crippen molar-refractivity contribution in [1.82, 2.24) is 14.8 Å². The number of carbonyl (C=O) groups excluding carboxylic acids is 1. The number of piperidine rings is 2. The van der Waals surface area contributed by atoms with Crippen molar-refractivity contribution in [3.8, 4) is 0 Å². The van der Waals surface area contributed by atoms with E-state index in [0.29, 0.717) is 31.5 Å². The van der Waals surface area contributed by atoms with Crippen LogP contribution in [0.4, 0.5) is 0 Å². The molecule has 0 spiro atoms. The summed E-state index contributed by atoms with van der Waals surface area (Å²) in [4.78, 5) is 21.3. The van der Waals surface area contributed by atoms with Crippen molar-refractivity contribution >= 4 is 16.8 Å². The maximum Gasteiger partial charge on any atom is 0.227 e. The number of aromatic amines is 1. The first-order chi connectivity index (χ1) is 13.8. The molecule has 0 bridgehead atoms. The molecular formula is C23H33N3O2. The summed E-state index contributed by atoms with van der Waals surface area (Å²) in [6.07, 6.45) is 8.89. The number of fused-ring (bicyclic) bond motifs is 2. The van der Waals surface area contributed by atoms with Gasteiger partial charge in [0.25, 0.3) is 0 Å². The smallest absolute Gasteiger partial charge is 0.227 e. The summed E-state index contributed by atoms with van der Waals surface area (Å²) < 4.78 is 5.31. The highest BCUT2D eigenvalue weighted by Gasteiger charge is 2.34.